The minimum absolute atomic E-state index is 0.147. The molecule has 2 N–H and O–H groups in total. The minimum atomic E-state index is -0.402. The monoisotopic (exact) mass is 358 g/mol. The molecule has 0 radical (unpaired) electrons. The fourth-order valence-corrected chi connectivity index (χ4v) is 3.07. The number of hydrogen-bond donors (Lipinski definition) is 2. The summed E-state index contributed by atoms with van der Waals surface area (Å²) >= 11 is 5.92. The van der Waals surface area contributed by atoms with Gasteiger partial charge in [-0.3, -0.25) is 9.59 Å². The van der Waals surface area contributed by atoms with Crippen LogP contribution >= 0.6 is 11.6 Å². The molecule has 0 aromatic heterocycles. The van der Waals surface area contributed by atoms with Gasteiger partial charge in [0.1, 0.15) is 0 Å². The average Bonchev–Trinajstić information content (AvgIpc) is 2.50. The summed E-state index contributed by atoms with van der Waals surface area (Å²) in [7, 11) is 0. The van der Waals surface area contributed by atoms with Crippen molar-refractivity contribution in [3.05, 3.63) is 63.7 Å². The first-order valence-corrected chi connectivity index (χ1v) is 8.54. The van der Waals surface area contributed by atoms with Gasteiger partial charge in [-0.2, -0.15) is 0 Å². The van der Waals surface area contributed by atoms with E-state index in [1.54, 1.807) is 12.1 Å². The molecule has 0 heterocycles. The molecule has 0 aliphatic rings. The second-order valence-corrected chi connectivity index (χ2v) is 6.77. The Morgan fingerprint density at radius 3 is 2.12 bits per heavy atom. The van der Waals surface area contributed by atoms with Crippen molar-refractivity contribution in [3.63, 3.8) is 0 Å². The van der Waals surface area contributed by atoms with Crippen LogP contribution in [0, 0.1) is 20.8 Å². The third kappa shape index (κ3) is 5.33. The SMILES string of the molecule is CC(=O)NC(CC(=O)Nc1c(C)cc(C)cc1C)c1ccc(Cl)cc1. The van der Waals surface area contributed by atoms with E-state index in [9.17, 15) is 9.59 Å². The van der Waals surface area contributed by atoms with E-state index >= 15 is 0 Å². The van der Waals surface area contributed by atoms with E-state index in [4.69, 9.17) is 11.6 Å². The lowest BCUT2D eigenvalue weighted by Gasteiger charge is -2.19. The first kappa shape index (κ1) is 19.0. The van der Waals surface area contributed by atoms with Crippen LogP contribution in [0.3, 0.4) is 0 Å². The maximum Gasteiger partial charge on any atom is 0.226 e. The minimum Gasteiger partial charge on any atom is -0.349 e. The number of anilines is 1. The van der Waals surface area contributed by atoms with Crippen molar-refractivity contribution in [3.8, 4) is 0 Å². The molecule has 0 saturated heterocycles. The van der Waals surface area contributed by atoms with Crippen LogP contribution in [-0.2, 0) is 9.59 Å². The predicted molar refractivity (Wildman–Crippen MR) is 102 cm³/mol. The first-order chi connectivity index (χ1) is 11.8. The lowest BCUT2D eigenvalue weighted by atomic mass is 10.0. The van der Waals surface area contributed by atoms with Gasteiger partial charge in [-0.1, -0.05) is 41.4 Å². The molecule has 0 aliphatic heterocycles. The number of aryl methyl sites for hydroxylation is 3. The van der Waals surface area contributed by atoms with E-state index < -0.39 is 6.04 Å². The van der Waals surface area contributed by atoms with Crippen molar-refractivity contribution in [2.24, 2.45) is 0 Å². The van der Waals surface area contributed by atoms with E-state index in [0.717, 1.165) is 27.9 Å². The van der Waals surface area contributed by atoms with Crippen molar-refractivity contribution in [1.29, 1.82) is 0 Å². The van der Waals surface area contributed by atoms with Crippen LogP contribution in [-0.4, -0.2) is 11.8 Å². The third-order valence-corrected chi connectivity index (χ3v) is 4.23. The van der Waals surface area contributed by atoms with Gasteiger partial charge in [0, 0.05) is 17.6 Å². The number of halogens is 1. The van der Waals surface area contributed by atoms with Crippen molar-refractivity contribution in [2.75, 3.05) is 5.32 Å². The molecule has 2 aromatic carbocycles. The molecule has 0 aliphatic carbocycles. The Kier molecular flexibility index (Phi) is 6.21. The summed E-state index contributed by atoms with van der Waals surface area (Å²) in [4.78, 5) is 24.1. The summed E-state index contributed by atoms with van der Waals surface area (Å²) in [5.41, 5.74) is 4.87. The molecule has 2 rings (SSSR count). The second kappa shape index (κ2) is 8.17. The predicted octanol–water partition coefficient (Wildman–Crippen LogP) is 4.47. The Labute approximate surface area is 153 Å². The molecule has 1 atom stereocenters. The fourth-order valence-electron chi connectivity index (χ4n) is 2.95. The maximum absolute atomic E-state index is 12.5. The van der Waals surface area contributed by atoms with Gasteiger partial charge in [0.2, 0.25) is 11.8 Å². The highest BCUT2D eigenvalue weighted by Gasteiger charge is 2.18. The van der Waals surface area contributed by atoms with Gasteiger partial charge in [-0.05, 0) is 49.6 Å². The van der Waals surface area contributed by atoms with Crippen LogP contribution < -0.4 is 10.6 Å². The summed E-state index contributed by atoms with van der Waals surface area (Å²) < 4.78 is 0. The largest absolute Gasteiger partial charge is 0.349 e. The van der Waals surface area contributed by atoms with Gasteiger partial charge in [-0.15, -0.1) is 0 Å². The smallest absolute Gasteiger partial charge is 0.226 e. The van der Waals surface area contributed by atoms with Gasteiger partial charge < -0.3 is 10.6 Å². The Morgan fingerprint density at radius 2 is 1.60 bits per heavy atom. The Hall–Kier alpha value is -2.33. The Bertz CT molecular complexity index is 762. The van der Waals surface area contributed by atoms with E-state index in [1.165, 1.54) is 6.92 Å². The van der Waals surface area contributed by atoms with Gasteiger partial charge in [0.25, 0.3) is 0 Å². The molecule has 0 spiro atoms. The zero-order chi connectivity index (χ0) is 18.6. The molecule has 0 bridgehead atoms. The number of benzene rings is 2. The number of nitrogens with one attached hydrogen (secondary N) is 2. The molecular weight excluding hydrogens is 336 g/mol. The number of carbonyl (C=O) groups excluding carboxylic acids is 2. The molecule has 5 heteroatoms. The standard InChI is InChI=1S/C20H23ClN2O2/c1-12-9-13(2)20(14(3)10-12)23-19(25)11-18(22-15(4)24)16-5-7-17(21)8-6-16/h5-10,18H,11H2,1-4H3,(H,22,24)(H,23,25). The van der Waals surface area contributed by atoms with Crippen LogP contribution in [0.25, 0.3) is 0 Å². The zero-order valence-electron chi connectivity index (χ0n) is 14.9. The van der Waals surface area contributed by atoms with Crippen LogP contribution in [0.5, 0.6) is 0 Å². The molecule has 0 saturated carbocycles. The molecule has 25 heavy (non-hydrogen) atoms. The third-order valence-electron chi connectivity index (χ3n) is 3.98. The molecule has 1 unspecified atom stereocenters. The molecule has 0 fully saturated rings. The molecule has 2 amide bonds. The van der Waals surface area contributed by atoms with Gasteiger partial charge >= 0.3 is 0 Å². The maximum atomic E-state index is 12.5. The fraction of sp³-hybridized carbons (Fsp3) is 0.300. The lowest BCUT2D eigenvalue weighted by Crippen LogP contribution is -2.30. The quantitative estimate of drug-likeness (QED) is 0.828. The Morgan fingerprint density at radius 1 is 1.04 bits per heavy atom. The highest BCUT2D eigenvalue weighted by atomic mass is 35.5. The van der Waals surface area contributed by atoms with Crippen LogP contribution in [0.4, 0.5) is 5.69 Å². The van der Waals surface area contributed by atoms with E-state index in [2.05, 4.69) is 10.6 Å². The number of carbonyl (C=O) groups is 2. The summed E-state index contributed by atoms with van der Waals surface area (Å²) in [6, 6.07) is 10.8. The molecule has 4 nitrogen and oxygen atoms in total. The number of hydrogen-bond acceptors (Lipinski definition) is 2. The van der Waals surface area contributed by atoms with Gasteiger partial charge in [0.05, 0.1) is 12.5 Å². The molecular formula is C20H23ClN2O2. The van der Waals surface area contributed by atoms with E-state index in [-0.39, 0.29) is 18.2 Å². The Balaban J connectivity index is 2.17. The summed E-state index contributed by atoms with van der Waals surface area (Å²) in [6.45, 7) is 7.41. The van der Waals surface area contributed by atoms with E-state index in [1.807, 2.05) is 45.0 Å². The number of rotatable bonds is 5. The van der Waals surface area contributed by atoms with Crippen molar-refractivity contribution >= 4 is 29.1 Å². The van der Waals surface area contributed by atoms with Crippen LogP contribution in [0.15, 0.2) is 36.4 Å². The van der Waals surface area contributed by atoms with Gasteiger partial charge in [-0.25, -0.2) is 0 Å². The van der Waals surface area contributed by atoms with Crippen LogP contribution in [0.1, 0.15) is 41.6 Å². The van der Waals surface area contributed by atoms with Crippen molar-refractivity contribution in [2.45, 2.75) is 40.2 Å². The molecule has 132 valence electrons. The van der Waals surface area contributed by atoms with Crippen molar-refractivity contribution < 1.29 is 9.59 Å². The average molecular weight is 359 g/mol. The van der Waals surface area contributed by atoms with Crippen molar-refractivity contribution in [1.82, 2.24) is 5.32 Å². The highest BCUT2D eigenvalue weighted by Crippen LogP contribution is 2.24. The zero-order valence-corrected chi connectivity index (χ0v) is 15.7. The normalized spacial score (nSPS) is 11.7. The lowest BCUT2D eigenvalue weighted by molar-refractivity contribution is -0.120. The molecule has 2 aromatic rings. The number of amides is 2. The second-order valence-electron chi connectivity index (χ2n) is 6.33. The summed E-state index contributed by atoms with van der Waals surface area (Å²) in [5.74, 6) is -0.334. The summed E-state index contributed by atoms with van der Waals surface area (Å²) in [5, 5.41) is 6.41. The first-order valence-electron chi connectivity index (χ1n) is 8.16. The topological polar surface area (TPSA) is 58.2 Å². The highest BCUT2D eigenvalue weighted by molar-refractivity contribution is 6.30. The summed E-state index contributed by atoms with van der Waals surface area (Å²) in [6.07, 6.45) is 0.147. The van der Waals surface area contributed by atoms with E-state index in [0.29, 0.717) is 5.02 Å². The van der Waals surface area contributed by atoms with Crippen LogP contribution in [0.2, 0.25) is 5.02 Å². The van der Waals surface area contributed by atoms with Gasteiger partial charge in [0.15, 0.2) is 0 Å².